The van der Waals surface area contributed by atoms with Crippen LogP contribution in [0, 0.1) is 0 Å². The third-order valence-corrected chi connectivity index (χ3v) is 4.68. The van der Waals surface area contributed by atoms with E-state index in [1.807, 2.05) is 85.6 Å². The monoisotopic (exact) mass is 348 g/mol. The summed E-state index contributed by atoms with van der Waals surface area (Å²) >= 11 is 0. The Morgan fingerprint density at radius 2 is 1.73 bits per heavy atom. The molecule has 0 saturated carbocycles. The number of ether oxygens (including phenoxy) is 1. The van der Waals surface area contributed by atoms with E-state index in [2.05, 4.69) is 5.32 Å². The molecule has 134 valence electrons. The number of nitrogens with zero attached hydrogens (tertiary/aromatic N) is 1. The van der Waals surface area contributed by atoms with E-state index in [4.69, 9.17) is 4.74 Å². The van der Waals surface area contributed by atoms with Gasteiger partial charge in [0.2, 0.25) is 5.91 Å². The van der Waals surface area contributed by atoms with Crippen molar-refractivity contribution in [2.24, 2.45) is 0 Å². The van der Waals surface area contributed by atoms with Gasteiger partial charge in [0, 0.05) is 17.6 Å². The summed E-state index contributed by atoms with van der Waals surface area (Å²) in [6, 6.07) is 21.7. The van der Waals surface area contributed by atoms with Crippen LogP contribution in [0.25, 0.3) is 10.8 Å². The van der Waals surface area contributed by atoms with Crippen molar-refractivity contribution in [2.75, 3.05) is 19.5 Å². The van der Waals surface area contributed by atoms with Gasteiger partial charge in [0.25, 0.3) is 0 Å². The van der Waals surface area contributed by atoms with Crippen LogP contribution in [0.3, 0.4) is 0 Å². The van der Waals surface area contributed by atoms with Crippen molar-refractivity contribution in [3.63, 3.8) is 0 Å². The van der Waals surface area contributed by atoms with Gasteiger partial charge < -0.3 is 10.1 Å². The highest BCUT2D eigenvalue weighted by atomic mass is 16.5. The van der Waals surface area contributed by atoms with E-state index in [0.29, 0.717) is 6.54 Å². The summed E-state index contributed by atoms with van der Waals surface area (Å²) in [5, 5.41) is 5.23. The summed E-state index contributed by atoms with van der Waals surface area (Å²) in [7, 11) is 3.61. The summed E-state index contributed by atoms with van der Waals surface area (Å²) in [5.74, 6) is 0.815. The highest BCUT2D eigenvalue weighted by Gasteiger charge is 2.19. The smallest absolute Gasteiger partial charge is 0.241 e. The van der Waals surface area contributed by atoms with Crippen LogP contribution in [0.2, 0.25) is 0 Å². The first-order valence-electron chi connectivity index (χ1n) is 8.70. The van der Waals surface area contributed by atoms with Crippen LogP contribution in [0.15, 0.2) is 66.7 Å². The number of carbonyl (C=O) groups excluding carboxylic acids is 1. The lowest BCUT2D eigenvalue weighted by molar-refractivity contribution is -0.120. The molecule has 4 nitrogen and oxygen atoms in total. The lowest BCUT2D eigenvalue weighted by Crippen LogP contribution is -2.39. The number of hydrogen-bond donors (Lipinski definition) is 1. The van der Waals surface area contributed by atoms with E-state index in [1.54, 1.807) is 7.11 Å². The summed E-state index contributed by atoms with van der Waals surface area (Å²) in [6.07, 6.45) is 0. The Kier molecular flexibility index (Phi) is 5.54. The molecular weight excluding hydrogens is 324 g/mol. The number of methoxy groups -OCH3 is 1. The molecule has 0 unspecified atom stereocenters. The molecule has 0 saturated heterocycles. The van der Waals surface area contributed by atoms with Crippen LogP contribution < -0.4 is 10.1 Å². The van der Waals surface area contributed by atoms with E-state index >= 15 is 0 Å². The Bertz CT molecular complexity index is 885. The minimum atomic E-state index is -0.254. The number of amides is 1. The molecule has 0 fully saturated rings. The fourth-order valence-electron chi connectivity index (χ4n) is 2.93. The highest BCUT2D eigenvalue weighted by Crippen LogP contribution is 2.23. The average Bonchev–Trinajstić information content (AvgIpc) is 2.68. The number of rotatable bonds is 6. The van der Waals surface area contributed by atoms with Crippen LogP contribution in [0.5, 0.6) is 5.75 Å². The molecule has 0 radical (unpaired) electrons. The SMILES string of the molecule is COc1ccc(CN(C)[C@@H](C)C(=O)Nc2cccc3ccccc23)cc1. The topological polar surface area (TPSA) is 41.6 Å². The molecule has 0 aliphatic rings. The van der Waals surface area contributed by atoms with Gasteiger partial charge >= 0.3 is 0 Å². The van der Waals surface area contributed by atoms with Crippen LogP contribution in [-0.4, -0.2) is 31.0 Å². The van der Waals surface area contributed by atoms with Crippen molar-refractivity contribution >= 4 is 22.4 Å². The molecule has 0 heterocycles. The van der Waals surface area contributed by atoms with E-state index in [-0.39, 0.29) is 11.9 Å². The molecule has 4 heteroatoms. The van der Waals surface area contributed by atoms with Crippen LogP contribution in [0.1, 0.15) is 12.5 Å². The first-order chi connectivity index (χ1) is 12.6. The van der Waals surface area contributed by atoms with Gasteiger partial charge in [-0.15, -0.1) is 0 Å². The van der Waals surface area contributed by atoms with E-state index in [1.165, 1.54) is 0 Å². The summed E-state index contributed by atoms with van der Waals surface area (Å²) in [6.45, 7) is 2.61. The minimum Gasteiger partial charge on any atom is -0.497 e. The van der Waals surface area contributed by atoms with Crippen molar-refractivity contribution < 1.29 is 9.53 Å². The standard InChI is InChI=1S/C22H24N2O2/c1-16(24(2)15-17-11-13-19(26-3)14-12-17)22(25)23-21-10-6-8-18-7-4-5-9-20(18)21/h4-14,16H,15H2,1-3H3,(H,23,25)/t16-/m0/s1. The van der Waals surface area contributed by atoms with E-state index < -0.39 is 0 Å². The first kappa shape index (κ1) is 18.0. The number of benzene rings is 3. The zero-order chi connectivity index (χ0) is 18.5. The molecule has 1 atom stereocenters. The quantitative estimate of drug-likeness (QED) is 0.722. The lowest BCUT2D eigenvalue weighted by Gasteiger charge is -2.24. The zero-order valence-corrected chi connectivity index (χ0v) is 15.4. The number of fused-ring (bicyclic) bond motifs is 1. The predicted octanol–water partition coefficient (Wildman–Crippen LogP) is 4.31. The second-order valence-corrected chi connectivity index (χ2v) is 6.46. The van der Waals surface area contributed by atoms with Crippen molar-refractivity contribution in [1.82, 2.24) is 4.90 Å². The molecule has 26 heavy (non-hydrogen) atoms. The van der Waals surface area contributed by atoms with Gasteiger partial charge in [-0.25, -0.2) is 0 Å². The normalized spacial score (nSPS) is 12.2. The van der Waals surface area contributed by atoms with Crippen molar-refractivity contribution in [3.8, 4) is 5.75 Å². The van der Waals surface area contributed by atoms with Crippen LogP contribution >= 0.6 is 0 Å². The summed E-state index contributed by atoms with van der Waals surface area (Å²) in [5.41, 5.74) is 1.98. The summed E-state index contributed by atoms with van der Waals surface area (Å²) in [4.78, 5) is 14.7. The Hall–Kier alpha value is -2.85. The third-order valence-electron chi connectivity index (χ3n) is 4.68. The number of likely N-dealkylation sites (N-methyl/N-ethyl adjacent to an activating group) is 1. The second kappa shape index (κ2) is 8.02. The van der Waals surface area contributed by atoms with Gasteiger partial charge in [0.15, 0.2) is 0 Å². The largest absolute Gasteiger partial charge is 0.497 e. The van der Waals surface area contributed by atoms with Crippen LogP contribution in [-0.2, 0) is 11.3 Å². The molecule has 0 aliphatic heterocycles. The molecule has 3 rings (SSSR count). The van der Waals surface area contributed by atoms with Gasteiger partial charge in [0.1, 0.15) is 5.75 Å². The minimum absolute atomic E-state index is 0.0163. The van der Waals surface area contributed by atoms with E-state index in [9.17, 15) is 4.79 Å². The molecule has 3 aromatic rings. The number of anilines is 1. The molecular formula is C22H24N2O2. The number of hydrogen-bond acceptors (Lipinski definition) is 3. The maximum Gasteiger partial charge on any atom is 0.241 e. The zero-order valence-electron chi connectivity index (χ0n) is 15.4. The Labute approximate surface area is 154 Å². The van der Waals surface area contributed by atoms with Crippen molar-refractivity contribution in [2.45, 2.75) is 19.5 Å². The maximum absolute atomic E-state index is 12.7. The highest BCUT2D eigenvalue weighted by molar-refractivity contribution is 6.03. The fourth-order valence-corrected chi connectivity index (χ4v) is 2.93. The maximum atomic E-state index is 12.7. The summed E-state index contributed by atoms with van der Waals surface area (Å²) < 4.78 is 5.18. The number of carbonyl (C=O) groups is 1. The average molecular weight is 348 g/mol. The van der Waals surface area contributed by atoms with Gasteiger partial charge in [-0.05, 0) is 43.1 Å². The Balaban J connectivity index is 1.68. The second-order valence-electron chi connectivity index (χ2n) is 6.46. The first-order valence-corrected chi connectivity index (χ1v) is 8.70. The molecule has 0 bridgehead atoms. The van der Waals surface area contributed by atoms with Crippen molar-refractivity contribution in [3.05, 3.63) is 72.3 Å². The fraction of sp³-hybridized carbons (Fsp3) is 0.227. The van der Waals surface area contributed by atoms with E-state index in [0.717, 1.165) is 27.8 Å². The molecule has 0 aromatic heterocycles. The molecule has 1 amide bonds. The third kappa shape index (κ3) is 4.03. The molecule has 0 aliphatic carbocycles. The van der Waals surface area contributed by atoms with Gasteiger partial charge in [-0.3, -0.25) is 9.69 Å². The number of nitrogens with one attached hydrogen (secondary N) is 1. The Morgan fingerprint density at radius 1 is 1.04 bits per heavy atom. The van der Waals surface area contributed by atoms with Gasteiger partial charge in [-0.1, -0.05) is 48.5 Å². The van der Waals surface area contributed by atoms with Gasteiger partial charge in [0.05, 0.1) is 13.2 Å². The van der Waals surface area contributed by atoms with Crippen molar-refractivity contribution in [1.29, 1.82) is 0 Å². The molecule has 1 N–H and O–H groups in total. The molecule has 3 aromatic carbocycles. The lowest BCUT2D eigenvalue weighted by atomic mass is 10.1. The Morgan fingerprint density at radius 3 is 2.46 bits per heavy atom. The predicted molar refractivity (Wildman–Crippen MR) is 107 cm³/mol. The molecule has 0 spiro atoms. The van der Waals surface area contributed by atoms with Crippen LogP contribution in [0.4, 0.5) is 5.69 Å². The van der Waals surface area contributed by atoms with Gasteiger partial charge in [-0.2, -0.15) is 0 Å².